The summed E-state index contributed by atoms with van der Waals surface area (Å²) in [5, 5.41) is 0. The maximum Gasteiger partial charge on any atom is 0.364 e. The van der Waals surface area contributed by atoms with Gasteiger partial charge in [-0.15, -0.1) is 0 Å². The van der Waals surface area contributed by atoms with Crippen LogP contribution in [0.1, 0.15) is 19.8 Å². The van der Waals surface area contributed by atoms with Crippen LogP contribution in [0.25, 0.3) is 0 Å². The van der Waals surface area contributed by atoms with Gasteiger partial charge in [0.15, 0.2) is 6.04 Å². The Hall–Kier alpha value is -1.30. The lowest BCUT2D eigenvalue weighted by atomic mass is 10.2. The summed E-state index contributed by atoms with van der Waals surface area (Å²) in [4.78, 5) is 13.9. The Bertz CT molecular complexity index is 202. The molecule has 6 heteroatoms. The summed E-state index contributed by atoms with van der Waals surface area (Å²) in [7, 11) is 0. The fourth-order valence-electron chi connectivity index (χ4n) is 0.959. The minimum Gasteiger partial charge on any atom is -0.462 e. The third-order valence-electron chi connectivity index (χ3n) is 1.68. The highest BCUT2D eigenvalue weighted by Gasteiger charge is 2.17. The maximum atomic E-state index is 11.1. The largest absolute Gasteiger partial charge is 0.462 e. The number of guanidine groups is 1. The first-order valence-corrected chi connectivity index (χ1v) is 4.69. The van der Waals surface area contributed by atoms with Gasteiger partial charge >= 0.3 is 11.9 Å². The van der Waals surface area contributed by atoms with Crippen LogP contribution in [0, 0.1) is 0 Å². The molecule has 0 spiro atoms. The number of carbonyl (C=O) groups is 1. The average Bonchev–Trinajstić information content (AvgIpc) is 2.12. The number of esters is 1. The first-order chi connectivity index (χ1) is 6.57. The average molecular weight is 204 g/mol. The SMILES string of the molecule is CCOC(=O)C([NH3+])CCC[NH+]=C(N)N. The predicted molar refractivity (Wildman–Crippen MR) is 51.8 cm³/mol. The van der Waals surface area contributed by atoms with Crippen molar-refractivity contribution < 1.29 is 20.3 Å². The fraction of sp³-hybridized carbons (Fsp3) is 0.750. The normalized spacial score (nSPS) is 11.9. The van der Waals surface area contributed by atoms with Gasteiger partial charge in [-0.1, -0.05) is 0 Å². The van der Waals surface area contributed by atoms with E-state index in [1.807, 2.05) is 0 Å². The molecule has 8 N–H and O–H groups in total. The molecule has 0 aromatic carbocycles. The van der Waals surface area contributed by atoms with Crippen LogP contribution in [0.2, 0.25) is 0 Å². The number of nitrogens with two attached hydrogens (primary N) is 2. The monoisotopic (exact) mass is 204 g/mol. The van der Waals surface area contributed by atoms with Crippen molar-refractivity contribution in [2.24, 2.45) is 11.5 Å². The molecule has 0 aromatic rings. The zero-order valence-electron chi connectivity index (χ0n) is 8.58. The lowest BCUT2D eigenvalue weighted by Crippen LogP contribution is -2.78. The highest BCUT2D eigenvalue weighted by atomic mass is 16.5. The fourth-order valence-corrected chi connectivity index (χ4v) is 0.959. The van der Waals surface area contributed by atoms with Gasteiger partial charge in [0.1, 0.15) is 0 Å². The number of ether oxygens (including phenoxy) is 1. The van der Waals surface area contributed by atoms with Crippen molar-refractivity contribution in [3.8, 4) is 0 Å². The number of rotatable bonds is 6. The van der Waals surface area contributed by atoms with Crippen LogP contribution >= 0.6 is 0 Å². The molecule has 14 heavy (non-hydrogen) atoms. The van der Waals surface area contributed by atoms with Gasteiger partial charge in [-0.3, -0.25) is 16.5 Å². The Morgan fingerprint density at radius 1 is 1.57 bits per heavy atom. The van der Waals surface area contributed by atoms with E-state index in [1.54, 1.807) is 6.92 Å². The minimum absolute atomic E-state index is 0.196. The van der Waals surface area contributed by atoms with Crippen LogP contribution in [0.15, 0.2) is 0 Å². The van der Waals surface area contributed by atoms with Gasteiger partial charge in [0.05, 0.1) is 13.2 Å². The molecular formula is C8H20N4O2+2. The van der Waals surface area contributed by atoms with E-state index >= 15 is 0 Å². The standard InChI is InChI=1S/C8H18N4O2/c1-2-14-7(13)6(9)4-3-5-12-8(10)11/h6H,2-5,9H2,1H3,(H4,10,11,12)/p+2. The molecule has 0 aliphatic heterocycles. The van der Waals surface area contributed by atoms with E-state index in [4.69, 9.17) is 16.2 Å². The van der Waals surface area contributed by atoms with E-state index in [0.717, 1.165) is 6.42 Å². The van der Waals surface area contributed by atoms with Crippen LogP contribution in [0.4, 0.5) is 0 Å². The summed E-state index contributed by atoms with van der Waals surface area (Å²) in [5.74, 6) is -0.0565. The van der Waals surface area contributed by atoms with Gasteiger partial charge in [0.25, 0.3) is 0 Å². The molecule has 0 aliphatic rings. The maximum absolute atomic E-state index is 11.1. The number of nitrogens with one attached hydrogen (secondary N) is 1. The summed E-state index contributed by atoms with van der Waals surface area (Å²) in [5.41, 5.74) is 14.1. The second-order valence-electron chi connectivity index (χ2n) is 2.97. The van der Waals surface area contributed by atoms with Crippen molar-refractivity contribution in [3.05, 3.63) is 0 Å². The van der Waals surface area contributed by atoms with E-state index in [-0.39, 0.29) is 18.0 Å². The number of quaternary nitrogens is 1. The number of carbonyl (C=O) groups excluding carboxylic acids is 1. The Labute approximate surface area is 83.5 Å². The van der Waals surface area contributed by atoms with Crippen molar-refractivity contribution in [2.45, 2.75) is 25.8 Å². The number of hydrogen-bond donors (Lipinski definition) is 4. The summed E-state index contributed by atoms with van der Waals surface area (Å²) in [6, 6.07) is -0.309. The molecule has 0 aromatic heterocycles. The second kappa shape index (κ2) is 7.14. The highest BCUT2D eigenvalue weighted by Crippen LogP contribution is 1.92. The molecule has 1 atom stereocenters. The van der Waals surface area contributed by atoms with Gasteiger partial charge < -0.3 is 10.5 Å². The van der Waals surface area contributed by atoms with E-state index < -0.39 is 0 Å². The first-order valence-electron chi connectivity index (χ1n) is 4.69. The molecule has 0 bridgehead atoms. The molecule has 1 unspecified atom stereocenters. The van der Waals surface area contributed by atoms with Gasteiger partial charge in [-0.2, -0.15) is 0 Å². The highest BCUT2D eigenvalue weighted by molar-refractivity contribution is 5.73. The quantitative estimate of drug-likeness (QED) is 0.154. The van der Waals surface area contributed by atoms with Crippen molar-refractivity contribution in [1.82, 2.24) is 0 Å². The Kier molecular flexibility index (Phi) is 6.47. The van der Waals surface area contributed by atoms with Crippen molar-refractivity contribution >= 4 is 11.9 Å². The van der Waals surface area contributed by atoms with Crippen LogP contribution in [0.5, 0.6) is 0 Å². The van der Waals surface area contributed by atoms with E-state index in [2.05, 4.69) is 10.7 Å². The molecule has 0 fully saturated rings. The van der Waals surface area contributed by atoms with Crippen LogP contribution in [-0.4, -0.2) is 31.1 Å². The van der Waals surface area contributed by atoms with E-state index in [9.17, 15) is 4.79 Å². The van der Waals surface area contributed by atoms with Gasteiger partial charge in [-0.25, -0.2) is 4.79 Å². The van der Waals surface area contributed by atoms with E-state index in [1.165, 1.54) is 0 Å². The summed E-state index contributed by atoms with van der Waals surface area (Å²) in [6.45, 7) is 2.82. The Balaban J connectivity index is 3.58. The molecule has 0 radical (unpaired) electrons. The Morgan fingerprint density at radius 2 is 2.21 bits per heavy atom. The van der Waals surface area contributed by atoms with Gasteiger partial charge in [0.2, 0.25) is 0 Å². The molecule has 0 saturated carbocycles. The minimum atomic E-state index is -0.309. The smallest absolute Gasteiger partial charge is 0.364 e. The van der Waals surface area contributed by atoms with E-state index in [0.29, 0.717) is 19.6 Å². The van der Waals surface area contributed by atoms with Crippen molar-refractivity contribution in [2.75, 3.05) is 13.2 Å². The van der Waals surface area contributed by atoms with Crippen LogP contribution < -0.4 is 22.2 Å². The molecule has 0 aliphatic carbocycles. The molecule has 0 amide bonds. The third-order valence-corrected chi connectivity index (χ3v) is 1.68. The first kappa shape index (κ1) is 12.7. The van der Waals surface area contributed by atoms with Crippen LogP contribution in [0.3, 0.4) is 0 Å². The van der Waals surface area contributed by atoms with Gasteiger partial charge in [-0.05, 0) is 13.3 Å². The molecular weight excluding hydrogens is 184 g/mol. The second-order valence-corrected chi connectivity index (χ2v) is 2.97. The third kappa shape index (κ3) is 6.24. The van der Waals surface area contributed by atoms with Crippen LogP contribution in [-0.2, 0) is 9.53 Å². The zero-order valence-corrected chi connectivity index (χ0v) is 8.58. The Morgan fingerprint density at radius 3 is 2.71 bits per heavy atom. The molecule has 0 heterocycles. The molecule has 0 saturated heterocycles. The summed E-state index contributed by atoms with van der Waals surface area (Å²) in [6.07, 6.45) is 1.45. The number of hydrogen-bond acceptors (Lipinski definition) is 2. The summed E-state index contributed by atoms with van der Waals surface area (Å²) < 4.78 is 4.81. The van der Waals surface area contributed by atoms with Crippen molar-refractivity contribution in [3.63, 3.8) is 0 Å². The van der Waals surface area contributed by atoms with Crippen molar-refractivity contribution in [1.29, 1.82) is 0 Å². The molecule has 6 nitrogen and oxygen atoms in total. The lowest BCUT2D eigenvalue weighted by Gasteiger charge is -2.05. The topological polar surface area (TPSA) is 120 Å². The predicted octanol–water partition coefficient (Wildman–Crippen LogP) is -3.71. The van der Waals surface area contributed by atoms with Gasteiger partial charge in [0, 0.05) is 6.42 Å². The summed E-state index contributed by atoms with van der Waals surface area (Å²) >= 11 is 0. The lowest BCUT2D eigenvalue weighted by molar-refractivity contribution is -0.463. The molecule has 0 rings (SSSR count). The zero-order chi connectivity index (χ0) is 11.0. The molecule has 82 valence electrons.